The second-order valence-corrected chi connectivity index (χ2v) is 5.77. The molecule has 2 heterocycles. The van der Waals surface area contributed by atoms with Crippen molar-refractivity contribution < 1.29 is 17.7 Å². The lowest BCUT2D eigenvalue weighted by atomic mass is 10.0. The Kier molecular flexibility index (Phi) is 4.27. The first-order chi connectivity index (χ1) is 9.63. The number of halogens is 3. The fourth-order valence-electron chi connectivity index (χ4n) is 2.25. The standard InChI is InChI=1S/C12H20F3N5O/c1-11(16,12(13,14)15)10-17-9(18-21-10)8-7-19(2)5-4-6-20(8)3/h8H,4-7,16H2,1-3H3. The Morgan fingerprint density at radius 1 is 1.29 bits per heavy atom. The van der Waals surface area contributed by atoms with E-state index in [4.69, 9.17) is 10.3 Å². The summed E-state index contributed by atoms with van der Waals surface area (Å²) in [5.74, 6) is -0.368. The fourth-order valence-corrected chi connectivity index (χ4v) is 2.25. The minimum atomic E-state index is -4.65. The maximum Gasteiger partial charge on any atom is 0.415 e. The molecule has 2 rings (SSSR count). The summed E-state index contributed by atoms with van der Waals surface area (Å²) in [7, 11) is 3.85. The van der Waals surface area contributed by atoms with Gasteiger partial charge < -0.3 is 15.2 Å². The Hall–Kier alpha value is -1.19. The van der Waals surface area contributed by atoms with Gasteiger partial charge in [0, 0.05) is 6.54 Å². The molecule has 1 fully saturated rings. The van der Waals surface area contributed by atoms with Gasteiger partial charge in [0.05, 0.1) is 6.04 Å². The van der Waals surface area contributed by atoms with Crippen LogP contribution in [0.5, 0.6) is 0 Å². The van der Waals surface area contributed by atoms with E-state index in [0.717, 1.165) is 26.4 Å². The van der Waals surface area contributed by atoms with Gasteiger partial charge >= 0.3 is 6.18 Å². The van der Waals surface area contributed by atoms with Crippen LogP contribution in [-0.2, 0) is 5.54 Å². The normalized spacial score (nSPS) is 25.6. The number of nitrogens with two attached hydrogens (primary N) is 1. The molecule has 0 aliphatic carbocycles. The average molecular weight is 307 g/mol. The van der Waals surface area contributed by atoms with Gasteiger partial charge in [-0.3, -0.25) is 4.90 Å². The highest BCUT2D eigenvalue weighted by Gasteiger charge is 2.53. The SMILES string of the molecule is CN1CCCN(C)C(c2noc(C(C)(N)C(F)(F)F)n2)C1. The van der Waals surface area contributed by atoms with Gasteiger partial charge in [0.1, 0.15) is 0 Å². The number of aromatic nitrogens is 2. The second kappa shape index (κ2) is 5.54. The van der Waals surface area contributed by atoms with Crippen LogP contribution in [0.2, 0.25) is 0 Å². The van der Waals surface area contributed by atoms with E-state index in [0.29, 0.717) is 6.54 Å². The van der Waals surface area contributed by atoms with Crippen molar-refractivity contribution in [1.82, 2.24) is 19.9 Å². The van der Waals surface area contributed by atoms with Crippen LogP contribution in [0.1, 0.15) is 31.1 Å². The summed E-state index contributed by atoms with van der Waals surface area (Å²) in [5, 5.41) is 3.71. The maximum absolute atomic E-state index is 12.9. The Balaban J connectivity index is 2.26. The molecule has 1 aromatic heterocycles. The molecule has 120 valence electrons. The topological polar surface area (TPSA) is 71.4 Å². The van der Waals surface area contributed by atoms with Gasteiger partial charge in [-0.2, -0.15) is 18.2 Å². The maximum atomic E-state index is 12.9. The van der Waals surface area contributed by atoms with E-state index in [1.807, 2.05) is 19.0 Å². The van der Waals surface area contributed by atoms with Gasteiger partial charge in [-0.15, -0.1) is 0 Å². The van der Waals surface area contributed by atoms with Crippen molar-refractivity contribution in [3.63, 3.8) is 0 Å². The molecule has 2 unspecified atom stereocenters. The Morgan fingerprint density at radius 3 is 2.57 bits per heavy atom. The Morgan fingerprint density at radius 2 is 1.95 bits per heavy atom. The lowest BCUT2D eigenvalue weighted by Crippen LogP contribution is -2.48. The first-order valence-corrected chi connectivity index (χ1v) is 6.71. The fraction of sp³-hybridized carbons (Fsp3) is 0.833. The number of alkyl halides is 3. The van der Waals surface area contributed by atoms with Crippen LogP contribution in [0.15, 0.2) is 4.52 Å². The molecule has 1 aromatic rings. The molecule has 0 bridgehead atoms. The summed E-state index contributed by atoms with van der Waals surface area (Å²) in [5.41, 5.74) is 2.66. The highest BCUT2D eigenvalue weighted by Crippen LogP contribution is 2.36. The van der Waals surface area contributed by atoms with Gasteiger partial charge in [-0.1, -0.05) is 5.16 Å². The third-order valence-electron chi connectivity index (χ3n) is 3.84. The summed E-state index contributed by atoms with van der Waals surface area (Å²) in [6.07, 6.45) is -3.67. The lowest BCUT2D eigenvalue weighted by Gasteiger charge is -2.25. The molecule has 2 N–H and O–H groups in total. The molecular formula is C12H20F3N5O. The summed E-state index contributed by atoms with van der Waals surface area (Å²) in [6, 6.07) is -0.209. The third kappa shape index (κ3) is 3.19. The molecule has 0 aromatic carbocycles. The molecule has 1 aliphatic heterocycles. The van der Waals surface area contributed by atoms with Gasteiger partial charge in [-0.05, 0) is 40.5 Å². The Labute approximate surface area is 121 Å². The van der Waals surface area contributed by atoms with Crippen molar-refractivity contribution in [2.24, 2.45) is 5.73 Å². The van der Waals surface area contributed by atoms with E-state index < -0.39 is 17.6 Å². The van der Waals surface area contributed by atoms with E-state index in [2.05, 4.69) is 15.0 Å². The minimum absolute atomic E-state index is 0.209. The molecule has 21 heavy (non-hydrogen) atoms. The number of hydrogen-bond donors (Lipinski definition) is 1. The van der Waals surface area contributed by atoms with Crippen LogP contribution in [0.3, 0.4) is 0 Å². The van der Waals surface area contributed by atoms with Crippen molar-refractivity contribution in [3.05, 3.63) is 11.7 Å². The van der Waals surface area contributed by atoms with Gasteiger partial charge in [0.25, 0.3) is 5.89 Å². The van der Waals surface area contributed by atoms with E-state index in [1.54, 1.807) is 0 Å². The zero-order valence-corrected chi connectivity index (χ0v) is 12.3. The molecule has 1 saturated heterocycles. The highest BCUT2D eigenvalue weighted by atomic mass is 19.4. The summed E-state index contributed by atoms with van der Waals surface area (Å²) < 4.78 is 43.5. The first-order valence-electron chi connectivity index (χ1n) is 6.71. The number of nitrogens with zero attached hydrogens (tertiary/aromatic N) is 4. The molecule has 0 radical (unpaired) electrons. The second-order valence-electron chi connectivity index (χ2n) is 5.77. The molecule has 0 amide bonds. The lowest BCUT2D eigenvalue weighted by molar-refractivity contribution is -0.190. The molecule has 1 aliphatic rings. The van der Waals surface area contributed by atoms with Crippen LogP contribution >= 0.6 is 0 Å². The summed E-state index contributed by atoms with van der Waals surface area (Å²) in [6.45, 7) is 3.19. The predicted molar refractivity (Wildman–Crippen MR) is 69.4 cm³/mol. The summed E-state index contributed by atoms with van der Waals surface area (Å²) in [4.78, 5) is 8.01. The Bertz CT molecular complexity index is 487. The van der Waals surface area contributed by atoms with Gasteiger partial charge in [0.15, 0.2) is 11.4 Å². The van der Waals surface area contributed by atoms with Crippen molar-refractivity contribution in [2.45, 2.75) is 31.1 Å². The quantitative estimate of drug-likeness (QED) is 0.882. The van der Waals surface area contributed by atoms with Crippen LogP contribution in [0.4, 0.5) is 13.2 Å². The molecule has 6 nitrogen and oxygen atoms in total. The molecule has 9 heteroatoms. The monoisotopic (exact) mass is 307 g/mol. The van der Waals surface area contributed by atoms with E-state index >= 15 is 0 Å². The van der Waals surface area contributed by atoms with E-state index in [1.165, 1.54) is 0 Å². The zero-order chi connectivity index (χ0) is 15.8. The number of likely N-dealkylation sites (N-methyl/N-ethyl adjacent to an activating group) is 2. The van der Waals surface area contributed by atoms with Gasteiger partial charge in [-0.25, -0.2) is 0 Å². The predicted octanol–water partition coefficient (Wildman–Crippen LogP) is 1.11. The average Bonchev–Trinajstić information content (AvgIpc) is 2.78. The molecule has 0 spiro atoms. The van der Waals surface area contributed by atoms with Crippen LogP contribution in [0.25, 0.3) is 0 Å². The third-order valence-corrected chi connectivity index (χ3v) is 3.84. The molecule has 0 saturated carbocycles. The summed E-state index contributed by atoms with van der Waals surface area (Å²) >= 11 is 0. The van der Waals surface area contributed by atoms with Crippen molar-refractivity contribution in [2.75, 3.05) is 33.7 Å². The van der Waals surface area contributed by atoms with E-state index in [-0.39, 0.29) is 11.9 Å². The number of hydrogen-bond acceptors (Lipinski definition) is 6. The van der Waals surface area contributed by atoms with Crippen LogP contribution in [-0.4, -0.2) is 59.8 Å². The van der Waals surface area contributed by atoms with Crippen LogP contribution in [0, 0.1) is 0 Å². The minimum Gasteiger partial charge on any atom is -0.337 e. The molecule has 2 atom stereocenters. The first kappa shape index (κ1) is 16.2. The molecular weight excluding hydrogens is 287 g/mol. The van der Waals surface area contributed by atoms with Crippen molar-refractivity contribution >= 4 is 0 Å². The smallest absolute Gasteiger partial charge is 0.337 e. The number of rotatable bonds is 2. The highest BCUT2D eigenvalue weighted by molar-refractivity contribution is 5.06. The van der Waals surface area contributed by atoms with Crippen LogP contribution < -0.4 is 5.73 Å². The zero-order valence-electron chi connectivity index (χ0n) is 12.3. The van der Waals surface area contributed by atoms with E-state index in [9.17, 15) is 13.2 Å². The largest absolute Gasteiger partial charge is 0.415 e. The van der Waals surface area contributed by atoms with Crippen molar-refractivity contribution in [3.8, 4) is 0 Å². The van der Waals surface area contributed by atoms with Gasteiger partial charge in [0.2, 0.25) is 0 Å². The van der Waals surface area contributed by atoms with Crippen molar-refractivity contribution in [1.29, 1.82) is 0 Å².